The van der Waals surface area contributed by atoms with Crippen molar-refractivity contribution in [1.82, 2.24) is 4.90 Å². The molecule has 7 nitrogen and oxygen atoms in total. The largest absolute Gasteiger partial charge is 0.444 e. The molecule has 1 saturated heterocycles. The van der Waals surface area contributed by atoms with E-state index in [4.69, 9.17) is 4.74 Å². The molecule has 0 spiro atoms. The molecule has 0 aliphatic carbocycles. The molecule has 1 amide bonds. The maximum absolute atomic E-state index is 12.2. The molecule has 1 aromatic rings. The monoisotopic (exact) mass is 347 g/mol. The molecule has 2 aliphatic rings. The minimum atomic E-state index is -0.484. The number of fused-ring (bicyclic) bond motifs is 1. The molecule has 1 atom stereocenters. The number of amides is 1. The Hall–Kier alpha value is -2.31. The van der Waals surface area contributed by atoms with Crippen LogP contribution >= 0.6 is 0 Å². The van der Waals surface area contributed by atoms with Crippen molar-refractivity contribution < 1.29 is 14.5 Å². The van der Waals surface area contributed by atoms with Gasteiger partial charge in [0.05, 0.1) is 4.92 Å². The lowest BCUT2D eigenvalue weighted by atomic mass is 10.1. The van der Waals surface area contributed by atoms with E-state index in [1.807, 2.05) is 26.8 Å². The topological polar surface area (TPSA) is 75.9 Å². The first-order chi connectivity index (χ1) is 11.7. The lowest BCUT2D eigenvalue weighted by Gasteiger charge is -2.25. The molecule has 7 heteroatoms. The zero-order valence-corrected chi connectivity index (χ0v) is 15.0. The first-order valence-corrected chi connectivity index (χ1v) is 8.73. The Bertz CT molecular complexity index is 683. The number of likely N-dealkylation sites (tertiary alicyclic amines) is 1. The highest BCUT2D eigenvalue weighted by molar-refractivity contribution is 5.68. The standard InChI is InChI=1S/C18H25N3O4/c1-18(2,3)25-17(22)20-8-6-13(12-20)11-19-9-7-14-4-5-15(21(23)24)10-16(14)19/h4-5,10,13H,6-9,11-12H2,1-3H3. The quantitative estimate of drug-likeness (QED) is 0.620. The number of carbonyl (C=O) groups excluding carboxylic acids is 1. The highest BCUT2D eigenvalue weighted by atomic mass is 16.6. The van der Waals surface area contributed by atoms with Gasteiger partial charge in [-0.25, -0.2) is 4.79 Å². The van der Waals surface area contributed by atoms with Crippen LogP contribution in [0.1, 0.15) is 32.8 Å². The zero-order chi connectivity index (χ0) is 18.2. The summed E-state index contributed by atoms with van der Waals surface area (Å²) in [7, 11) is 0. The van der Waals surface area contributed by atoms with E-state index in [1.165, 1.54) is 0 Å². The summed E-state index contributed by atoms with van der Waals surface area (Å²) in [4.78, 5) is 26.8. The lowest BCUT2D eigenvalue weighted by Crippen LogP contribution is -2.36. The second-order valence-electron chi connectivity index (χ2n) is 7.85. The van der Waals surface area contributed by atoms with E-state index < -0.39 is 5.60 Å². The van der Waals surface area contributed by atoms with Gasteiger partial charge in [-0.05, 0) is 45.1 Å². The molecule has 0 N–H and O–H groups in total. The summed E-state index contributed by atoms with van der Waals surface area (Å²) < 4.78 is 5.44. The summed E-state index contributed by atoms with van der Waals surface area (Å²) in [6, 6.07) is 5.10. The van der Waals surface area contributed by atoms with Crippen molar-refractivity contribution in [3.8, 4) is 0 Å². The Morgan fingerprint density at radius 1 is 1.36 bits per heavy atom. The number of nitro benzene ring substituents is 1. The molecule has 0 saturated carbocycles. The Morgan fingerprint density at radius 2 is 2.12 bits per heavy atom. The van der Waals surface area contributed by atoms with E-state index in [-0.39, 0.29) is 16.7 Å². The molecule has 3 rings (SSSR count). The van der Waals surface area contributed by atoms with Gasteiger partial charge in [-0.15, -0.1) is 0 Å². The minimum absolute atomic E-state index is 0.132. The van der Waals surface area contributed by atoms with E-state index in [0.717, 1.165) is 37.2 Å². The van der Waals surface area contributed by atoms with Crippen molar-refractivity contribution in [2.24, 2.45) is 5.92 Å². The Morgan fingerprint density at radius 3 is 2.80 bits per heavy atom. The Labute approximate surface area is 147 Å². The fourth-order valence-corrected chi connectivity index (χ4v) is 3.52. The van der Waals surface area contributed by atoms with E-state index in [2.05, 4.69) is 4.90 Å². The maximum Gasteiger partial charge on any atom is 0.410 e. The fraction of sp³-hybridized carbons (Fsp3) is 0.611. The van der Waals surface area contributed by atoms with E-state index in [9.17, 15) is 14.9 Å². The fourth-order valence-electron chi connectivity index (χ4n) is 3.52. The molecular formula is C18H25N3O4. The highest BCUT2D eigenvalue weighted by Gasteiger charge is 2.32. The van der Waals surface area contributed by atoms with Crippen LogP contribution in [0, 0.1) is 16.0 Å². The van der Waals surface area contributed by atoms with E-state index in [1.54, 1.807) is 17.0 Å². The number of carbonyl (C=O) groups is 1. The molecule has 1 aromatic carbocycles. The summed E-state index contributed by atoms with van der Waals surface area (Å²) in [6.45, 7) is 8.67. The van der Waals surface area contributed by atoms with Crippen molar-refractivity contribution in [2.75, 3.05) is 31.1 Å². The maximum atomic E-state index is 12.2. The number of hydrogen-bond acceptors (Lipinski definition) is 5. The summed E-state index contributed by atoms with van der Waals surface area (Å²) in [6.07, 6.45) is 1.59. The van der Waals surface area contributed by atoms with Crippen LogP contribution < -0.4 is 4.90 Å². The highest BCUT2D eigenvalue weighted by Crippen LogP contribution is 2.33. The molecule has 0 radical (unpaired) electrons. The third-order valence-electron chi connectivity index (χ3n) is 4.69. The zero-order valence-electron chi connectivity index (χ0n) is 15.0. The van der Waals surface area contributed by atoms with Gasteiger partial charge < -0.3 is 14.5 Å². The molecule has 1 fully saturated rings. The number of ether oxygens (including phenoxy) is 1. The lowest BCUT2D eigenvalue weighted by molar-refractivity contribution is -0.384. The Balaban J connectivity index is 1.61. The number of nitro groups is 1. The summed E-state index contributed by atoms with van der Waals surface area (Å²) in [5, 5.41) is 11.0. The third-order valence-corrected chi connectivity index (χ3v) is 4.69. The van der Waals surface area contributed by atoms with E-state index in [0.29, 0.717) is 19.0 Å². The smallest absolute Gasteiger partial charge is 0.410 e. The van der Waals surface area contributed by atoms with Gasteiger partial charge in [0.1, 0.15) is 5.60 Å². The summed E-state index contributed by atoms with van der Waals surface area (Å²) in [5.74, 6) is 0.359. The molecule has 2 heterocycles. The Kier molecular flexibility index (Phi) is 4.58. The average molecular weight is 347 g/mol. The first kappa shape index (κ1) is 17.5. The number of nitrogens with zero attached hydrogens (tertiary/aromatic N) is 3. The molecule has 1 unspecified atom stereocenters. The molecule has 0 aromatic heterocycles. The van der Waals surface area contributed by atoms with Crippen LogP contribution in [0.4, 0.5) is 16.2 Å². The number of anilines is 1. The van der Waals surface area contributed by atoms with Gasteiger partial charge in [0.15, 0.2) is 0 Å². The number of rotatable bonds is 3. The van der Waals surface area contributed by atoms with Gasteiger partial charge in [-0.1, -0.05) is 6.07 Å². The van der Waals surface area contributed by atoms with Gasteiger partial charge in [-0.3, -0.25) is 10.1 Å². The molecule has 2 aliphatic heterocycles. The number of non-ortho nitro benzene ring substituents is 1. The van der Waals surface area contributed by atoms with Gasteiger partial charge in [-0.2, -0.15) is 0 Å². The minimum Gasteiger partial charge on any atom is -0.444 e. The predicted octanol–water partition coefficient (Wildman–Crippen LogP) is 3.21. The normalized spacial score (nSPS) is 19.9. The molecule has 136 valence electrons. The predicted molar refractivity (Wildman–Crippen MR) is 94.9 cm³/mol. The van der Waals surface area contributed by atoms with Crippen molar-refractivity contribution in [3.63, 3.8) is 0 Å². The van der Waals surface area contributed by atoms with Crippen LogP contribution in [0.5, 0.6) is 0 Å². The number of benzene rings is 1. The number of hydrogen-bond donors (Lipinski definition) is 0. The van der Waals surface area contributed by atoms with Crippen LogP contribution in [0.15, 0.2) is 18.2 Å². The van der Waals surface area contributed by atoms with Gasteiger partial charge in [0.25, 0.3) is 5.69 Å². The van der Waals surface area contributed by atoms with Crippen LogP contribution in [0.2, 0.25) is 0 Å². The van der Waals surface area contributed by atoms with Crippen molar-refractivity contribution in [1.29, 1.82) is 0 Å². The molecule has 25 heavy (non-hydrogen) atoms. The summed E-state index contributed by atoms with van der Waals surface area (Å²) in [5.41, 5.74) is 1.77. The molecule has 0 bridgehead atoms. The van der Waals surface area contributed by atoms with Crippen LogP contribution in [-0.2, 0) is 11.2 Å². The van der Waals surface area contributed by atoms with Gasteiger partial charge in [0, 0.05) is 44.0 Å². The van der Waals surface area contributed by atoms with Crippen LogP contribution in [-0.4, -0.2) is 47.7 Å². The first-order valence-electron chi connectivity index (χ1n) is 8.73. The van der Waals surface area contributed by atoms with Crippen LogP contribution in [0.3, 0.4) is 0 Å². The van der Waals surface area contributed by atoms with Crippen molar-refractivity contribution in [2.45, 2.75) is 39.2 Å². The average Bonchev–Trinajstić information content (AvgIpc) is 3.13. The van der Waals surface area contributed by atoms with Crippen molar-refractivity contribution in [3.05, 3.63) is 33.9 Å². The van der Waals surface area contributed by atoms with Gasteiger partial charge >= 0.3 is 6.09 Å². The third kappa shape index (κ3) is 4.03. The van der Waals surface area contributed by atoms with E-state index >= 15 is 0 Å². The van der Waals surface area contributed by atoms with Crippen LogP contribution in [0.25, 0.3) is 0 Å². The second-order valence-corrected chi connectivity index (χ2v) is 7.85. The van der Waals surface area contributed by atoms with Gasteiger partial charge in [0.2, 0.25) is 0 Å². The SMILES string of the molecule is CC(C)(C)OC(=O)N1CCC(CN2CCc3ccc([N+](=O)[O-])cc32)C1. The molecular weight excluding hydrogens is 322 g/mol. The summed E-state index contributed by atoms with van der Waals surface area (Å²) >= 11 is 0. The second kappa shape index (κ2) is 6.54. The van der Waals surface area contributed by atoms with Crippen molar-refractivity contribution >= 4 is 17.5 Å².